The van der Waals surface area contributed by atoms with Crippen molar-refractivity contribution in [2.24, 2.45) is 0 Å². The summed E-state index contributed by atoms with van der Waals surface area (Å²) in [5.74, 6) is -1.40. The lowest BCUT2D eigenvalue weighted by atomic mass is 9.96. The lowest BCUT2D eigenvalue weighted by Crippen LogP contribution is -2.19. The van der Waals surface area contributed by atoms with Crippen molar-refractivity contribution >= 4 is 22.6 Å². The van der Waals surface area contributed by atoms with Crippen molar-refractivity contribution < 1.29 is 32.5 Å². The number of hydrogen-bond donors (Lipinski definition) is 2. The van der Waals surface area contributed by atoms with Gasteiger partial charge in [-0.05, 0) is 64.7 Å². The third-order valence-electron chi connectivity index (χ3n) is 6.23. The van der Waals surface area contributed by atoms with E-state index >= 15 is 0 Å². The van der Waals surface area contributed by atoms with Crippen molar-refractivity contribution in [2.45, 2.75) is 31.7 Å². The number of nitrogens with zero attached hydrogens (tertiary/aromatic N) is 1. The fraction of sp³-hybridized carbons (Fsp3) is 0.185. The normalized spacial score (nSPS) is 15.0. The molecule has 0 radical (unpaired) electrons. The van der Waals surface area contributed by atoms with Crippen LogP contribution < -0.4 is 15.2 Å². The minimum absolute atomic E-state index is 0.0476. The van der Waals surface area contributed by atoms with Crippen LogP contribution in [-0.2, 0) is 17.6 Å². The molecule has 0 bridgehead atoms. The van der Waals surface area contributed by atoms with E-state index in [4.69, 9.17) is 10.5 Å². The fourth-order valence-electron chi connectivity index (χ4n) is 4.69. The quantitative estimate of drug-likeness (QED) is 0.338. The number of ether oxygens (including phenoxy) is 2. The third-order valence-corrected chi connectivity index (χ3v) is 6.23. The predicted octanol–water partition coefficient (Wildman–Crippen LogP) is 6.08. The molecule has 3 aromatic carbocycles. The maximum atomic E-state index is 12.9. The zero-order chi connectivity index (χ0) is 25.4. The van der Waals surface area contributed by atoms with Gasteiger partial charge in [0.15, 0.2) is 0 Å². The molecule has 1 aliphatic rings. The SMILES string of the molecule is Nc1nccc2c(-c3ccc4c(c3)[C@H](Oc3cccc(OC(F)(F)F)c3CC(=O)O)CC4)cccc12. The first-order chi connectivity index (χ1) is 17.2. The van der Waals surface area contributed by atoms with E-state index in [1.807, 2.05) is 42.5 Å². The van der Waals surface area contributed by atoms with Gasteiger partial charge in [0.25, 0.3) is 0 Å². The van der Waals surface area contributed by atoms with Gasteiger partial charge in [0.2, 0.25) is 0 Å². The molecule has 5 rings (SSSR count). The number of carboxylic acid groups (broad SMARTS) is 1. The largest absolute Gasteiger partial charge is 0.573 e. The highest BCUT2D eigenvalue weighted by molar-refractivity contribution is 6.01. The monoisotopic (exact) mass is 494 g/mol. The van der Waals surface area contributed by atoms with Gasteiger partial charge >= 0.3 is 12.3 Å². The molecule has 0 saturated carbocycles. The molecule has 0 saturated heterocycles. The lowest BCUT2D eigenvalue weighted by Gasteiger charge is -2.20. The Kier molecular flexibility index (Phi) is 5.91. The summed E-state index contributed by atoms with van der Waals surface area (Å²) in [5.41, 5.74) is 9.74. The number of halogens is 3. The van der Waals surface area contributed by atoms with E-state index < -0.39 is 30.6 Å². The first kappa shape index (κ1) is 23.5. The van der Waals surface area contributed by atoms with E-state index in [2.05, 4.69) is 9.72 Å². The molecule has 4 aromatic rings. The second-order valence-electron chi connectivity index (χ2n) is 8.51. The molecule has 36 heavy (non-hydrogen) atoms. The third kappa shape index (κ3) is 4.64. The van der Waals surface area contributed by atoms with E-state index in [0.717, 1.165) is 45.5 Å². The number of benzene rings is 3. The Hall–Kier alpha value is -4.27. The maximum absolute atomic E-state index is 12.9. The maximum Gasteiger partial charge on any atom is 0.573 e. The van der Waals surface area contributed by atoms with Crippen LogP contribution in [-0.4, -0.2) is 22.4 Å². The summed E-state index contributed by atoms with van der Waals surface area (Å²) in [4.78, 5) is 15.6. The van der Waals surface area contributed by atoms with Crippen LogP contribution in [0.5, 0.6) is 11.5 Å². The molecule has 0 spiro atoms. The molecule has 1 aromatic heterocycles. The summed E-state index contributed by atoms with van der Waals surface area (Å²) >= 11 is 0. The van der Waals surface area contributed by atoms with Gasteiger partial charge in [-0.2, -0.15) is 0 Å². The minimum Gasteiger partial charge on any atom is -0.485 e. The molecule has 6 nitrogen and oxygen atoms in total. The van der Waals surface area contributed by atoms with Crippen LogP contribution in [0, 0.1) is 0 Å². The van der Waals surface area contributed by atoms with Crippen LogP contribution in [0.15, 0.2) is 66.9 Å². The Morgan fingerprint density at radius 3 is 2.61 bits per heavy atom. The van der Waals surface area contributed by atoms with Crippen LogP contribution in [0.25, 0.3) is 21.9 Å². The first-order valence-corrected chi connectivity index (χ1v) is 11.2. The Morgan fingerprint density at radius 1 is 1.06 bits per heavy atom. The smallest absolute Gasteiger partial charge is 0.485 e. The van der Waals surface area contributed by atoms with Crippen LogP contribution in [0.2, 0.25) is 0 Å². The van der Waals surface area contributed by atoms with E-state index in [1.165, 1.54) is 12.1 Å². The molecule has 0 fully saturated rings. The number of anilines is 1. The highest BCUT2D eigenvalue weighted by Gasteiger charge is 2.34. The number of hydrogen-bond acceptors (Lipinski definition) is 5. The summed E-state index contributed by atoms with van der Waals surface area (Å²) in [6.07, 6.45) is -3.12. The summed E-state index contributed by atoms with van der Waals surface area (Å²) < 4.78 is 49.0. The summed E-state index contributed by atoms with van der Waals surface area (Å²) in [7, 11) is 0. The fourth-order valence-corrected chi connectivity index (χ4v) is 4.69. The van der Waals surface area contributed by atoms with Gasteiger partial charge in [0.05, 0.1) is 6.42 Å². The van der Waals surface area contributed by atoms with Crippen molar-refractivity contribution in [1.29, 1.82) is 0 Å². The molecule has 1 heterocycles. The van der Waals surface area contributed by atoms with Gasteiger partial charge in [-0.3, -0.25) is 4.79 Å². The number of aliphatic carboxylic acids is 1. The van der Waals surface area contributed by atoms with Crippen molar-refractivity contribution in [3.05, 3.63) is 83.6 Å². The Morgan fingerprint density at radius 2 is 1.83 bits per heavy atom. The topological polar surface area (TPSA) is 94.7 Å². The Labute approximate surface area is 204 Å². The van der Waals surface area contributed by atoms with Crippen LogP contribution in [0.1, 0.15) is 29.2 Å². The predicted molar refractivity (Wildman–Crippen MR) is 128 cm³/mol. The van der Waals surface area contributed by atoms with Crippen molar-refractivity contribution in [2.75, 3.05) is 5.73 Å². The van der Waals surface area contributed by atoms with Gasteiger partial charge in [-0.1, -0.05) is 36.4 Å². The van der Waals surface area contributed by atoms with Crippen LogP contribution in [0.3, 0.4) is 0 Å². The molecule has 184 valence electrons. The van der Waals surface area contributed by atoms with Gasteiger partial charge in [0.1, 0.15) is 23.4 Å². The molecular weight excluding hydrogens is 473 g/mol. The molecule has 1 atom stereocenters. The number of pyridine rings is 1. The van der Waals surface area contributed by atoms with E-state index in [1.54, 1.807) is 6.20 Å². The standard InChI is InChI=1S/C27H21F3N2O4/c28-27(29,30)36-24-6-2-5-22(21(24)14-25(33)34)35-23-10-9-15-7-8-16(13-20(15)23)17-3-1-4-19-18(17)11-12-32-26(19)31/h1-8,11-13,23H,9-10,14H2,(H2,31,32)(H,33,34)/t23-/m1/s1. The number of alkyl halides is 3. The van der Waals surface area contributed by atoms with Crippen LogP contribution >= 0.6 is 0 Å². The summed E-state index contributed by atoms with van der Waals surface area (Å²) in [5, 5.41) is 11.1. The number of nitrogens with two attached hydrogens (primary N) is 1. The molecular formula is C27H21F3N2O4. The lowest BCUT2D eigenvalue weighted by molar-refractivity contribution is -0.275. The highest BCUT2D eigenvalue weighted by atomic mass is 19.4. The average molecular weight is 494 g/mol. The molecule has 0 unspecified atom stereocenters. The van der Waals surface area contributed by atoms with Gasteiger partial charge in [-0.25, -0.2) is 4.98 Å². The number of aryl methyl sites for hydroxylation is 1. The van der Waals surface area contributed by atoms with Crippen molar-refractivity contribution in [3.8, 4) is 22.6 Å². The number of carbonyl (C=O) groups is 1. The number of carboxylic acids is 1. The Bertz CT molecular complexity index is 1470. The summed E-state index contributed by atoms with van der Waals surface area (Å²) in [6.45, 7) is 0. The second kappa shape index (κ2) is 9.07. The average Bonchev–Trinajstić information content (AvgIpc) is 3.22. The molecule has 3 N–H and O–H groups in total. The highest BCUT2D eigenvalue weighted by Crippen LogP contribution is 2.41. The zero-order valence-electron chi connectivity index (χ0n) is 18.9. The van der Waals surface area contributed by atoms with Crippen LogP contribution in [0.4, 0.5) is 19.0 Å². The zero-order valence-corrected chi connectivity index (χ0v) is 18.9. The molecule has 9 heteroatoms. The first-order valence-electron chi connectivity index (χ1n) is 11.2. The minimum atomic E-state index is -4.96. The van der Waals surface area contributed by atoms with Gasteiger partial charge in [-0.15, -0.1) is 13.2 Å². The van der Waals surface area contributed by atoms with E-state index in [0.29, 0.717) is 12.2 Å². The van der Waals surface area contributed by atoms with Crippen molar-refractivity contribution in [1.82, 2.24) is 4.98 Å². The number of nitrogen functional groups attached to an aromatic ring is 1. The molecule has 1 aliphatic carbocycles. The molecule has 0 aliphatic heterocycles. The number of fused-ring (bicyclic) bond motifs is 2. The van der Waals surface area contributed by atoms with Gasteiger partial charge < -0.3 is 20.3 Å². The van der Waals surface area contributed by atoms with Gasteiger partial charge in [0, 0.05) is 17.1 Å². The second-order valence-corrected chi connectivity index (χ2v) is 8.51. The van der Waals surface area contributed by atoms with Crippen molar-refractivity contribution in [3.63, 3.8) is 0 Å². The number of aromatic nitrogens is 1. The van der Waals surface area contributed by atoms with E-state index in [9.17, 15) is 23.1 Å². The van der Waals surface area contributed by atoms with E-state index in [-0.39, 0.29) is 11.3 Å². The summed E-state index contributed by atoms with van der Waals surface area (Å²) in [6, 6.07) is 17.6. The Balaban J connectivity index is 1.52. The molecule has 0 amide bonds. The number of rotatable bonds is 6.